The highest BCUT2D eigenvalue weighted by atomic mass is 32.1. The first-order chi connectivity index (χ1) is 7.66. The first kappa shape index (κ1) is 9.96. The van der Waals surface area contributed by atoms with Gasteiger partial charge in [0.05, 0.1) is 12.2 Å². The fourth-order valence-electron chi connectivity index (χ4n) is 2.13. The van der Waals surface area contributed by atoms with Crippen LogP contribution in [0.1, 0.15) is 22.5 Å². The third kappa shape index (κ3) is 1.46. The van der Waals surface area contributed by atoms with Crippen LogP contribution in [0.25, 0.3) is 0 Å². The summed E-state index contributed by atoms with van der Waals surface area (Å²) in [5.74, 6) is 0.302. The van der Waals surface area contributed by atoms with Gasteiger partial charge < -0.3 is 14.7 Å². The van der Waals surface area contributed by atoms with Crippen LogP contribution < -0.4 is 9.64 Å². The third-order valence-electron chi connectivity index (χ3n) is 3.20. The van der Waals surface area contributed by atoms with Crippen LogP contribution in [-0.4, -0.2) is 30.8 Å². The van der Waals surface area contributed by atoms with E-state index >= 15 is 0 Å². The Kier molecular flexibility index (Phi) is 2.10. The van der Waals surface area contributed by atoms with Crippen molar-refractivity contribution in [3.63, 3.8) is 0 Å². The Morgan fingerprint density at radius 3 is 3.00 bits per heavy atom. The van der Waals surface area contributed by atoms with Crippen molar-refractivity contribution in [1.82, 2.24) is 0 Å². The largest absolute Gasteiger partial charge is 0.484 e. The van der Waals surface area contributed by atoms with Gasteiger partial charge >= 0.3 is 5.97 Å². The average molecular weight is 239 g/mol. The van der Waals surface area contributed by atoms with Gasteiger partial charge in [0.15, 0.2) is 10.6 Å². The topological polar surface area (TPSA) is 49.8 Å². The molecule has 16 heavy (non-hydrogen) atoms. The van der Waals surface area contributed by atoms with Gasteiger partial charge in [0, 0.05) is 12.4 Å². The number of thiophene rings is 1. The molecule has 0 spiro atoms. The maximum absolute atomic E-state index is 11.0. The van der Waals surface area contributed by atoms with Crippen molar-refractivity contribution in [3.8, 4) is 5.75 Å². The number of anilines is 1. The van der Waals surface area contributed by atoms with Gasteiger partial charge in [0.1, 0.15) is 6.10 Å². The summed E-state index contributed by atoms with van der Waals surface area (Å²) < 4.78 is 5.85. The minimum absolute atomic E-state index is 0.171. The van der Waals surface area contributed by atoms with Gasteiger partial charge in [-0.3, -0.25) is 0 Å². The molecule has 1 N–H and O–H groups in total. The van der Waals surface area contributed by atoms with E-state index < -0.39 is 5.97 Å². The van der Waals surface area contributed by atoms with E-state index in [9.17, 15) is 4.79 Å². The predicted octanol–water partition coefficient (Wildman–Crippen LogP) is 2.05. The number of likely N-dealkylation sites (N-methyl/N-ethyl adjacent to an activating group) is 1. The predicted molar refractivity (Wildman–Crippen MR) is 61.7 cm³/mol. The van der Waals surface area contributed by atoms with Crippen LogP contribution in [0.2, 0.25) is 0 Å². The van der Waals surface area contributed by atoms with Crippen LogP contribution in [0.15, 0.2) is 5.38 Å². The van der Waals surface area contributed by atoms with E-state index in [4.69, 9.17) is 9.84 Å². The molecule has 5 heteroatoms. The van der Waals surface area contributed by atoms with E-state index in [2.05, 4.69) is 4.90 Å². The molecule has 0 aromatic carbocycles. The molecule has 1 aliphatic carbocycles. The first-order valence-corrected chi connectivity index (χ1v) is 6.27. The van der Waals surface area contributed by atoms with Gasteiger partial charge in [0.25, 0.3) is 0 Å². The highest BCUT2D eigenvalue weighted by Crippen LogP contribution is 2.45. The van der Waals surface area contributed by atoms with Crippen molar-refractivity contribution in [2.75, 3.05) is 18.5 Å². The van der Waals surface area contributed by atoms with Crippen LogP contribution in [-0.2, 0) is 0 Å². The molecule has 0 bridgehead atoms. The molecule has 1 fully saturated rings. The zero-order valence-corrected chi connectivity index (χ0v) is 9.79. The van der Waals surface area contributed by atoms with Gasteiger partial charge in [-0.25, -0.2) is 4.79 Å². The van der Waals surface area contributed by atoms with Gasteiger partial charge in [-0.2, -0.15) is 0 Å². The second-order valence-corrected chi connectivity index (χ2v) is 5.34. The van der Waals surface area contributed by atoms with E-state index in [1.807, 2.05) is 12.4 Å². The lowest BCUT2D eigenvalue weighted by atomic mass is 10.1. The molecule has 2 aliphatic rings. The number of carbonyl (C=O) groups is 1. The monoisotopic (exact) mass is 239 g/mol. The summed E-state index contributed by atoms with van der Waals surface area (Å²) in [6, 6.07) is 0. The fourth-order valence-corrected chi connectivity index (χ4v) is 3.01. The molecule has 0 radical (unpaired) electrons. The summed E-state index contributed by atoms with van der Waals surface area (Å²) in [4.78, 5) is 13.5. The van der Waals surface area contributed by atoms with E-state index in [-0.39, 0.29) is 6.10 Å². The average Bonchev–Trinajstić information content (AvgIpc) is 2.98. The molecule has 3 rings (SSSR count). The minimum atomic E-state index is -0.893. The second-order valence-electron chi connectivity index (χ2n) is 4.46. The Morgan fingerprint density at radius 1 is 1.62 bits per heavy atom. The van der Waals surface area contributed by atoms with E-state index in [1.54, 1.807) is 0 Å². The van der Waals surface area contributed by atoms with E-state index in [0.717, 1.165) is 12.2 Å². The second kappa shape index (κ2) is 3.38. The highest BCUT2D eigenvalue weighted by Gasteiger charge is 2.38. The zero-order valence-electron chi connectivity index (χ0n) is 8.97. The van der Waals surface area contributed by atoms with Crippen LogP contribution in [0, 0.1) is 5.92 Å². The molecule has 1 saturated carbocycles. The quantitative estimate of drug-likeness (QED) is 0.858. The first-order valence-electron chi connectivity index (χ1n) is 5.39. The van der Waals surface area contributed by atoms with Crippen LogP contribution in [0.5, 0.6) is 5.75 Å². The van der Waals surface area contributed by atoms with Crippen molar-refractivity contribution < 1.29 is 14.6 Å². The summed E-state index contributed by atoms with van der Waals surface area (Å²) in [5.41, 5.74) is 0.916. The van der Waals surface area contributed by atoms with Crippen molar-refractivity contribution in [2.45, 2.75) is 18.9 Å². The Balaban J connectivity index is 1.96. The lowest BCUT2D eigenvalue weighted by Gasteiger charge is -2.32. The van der Waals surface area contributed by atoms with Crippen molar-refractivity contribution >= 4 is 23.0 Å². The van der Waals surface area contributed by atoms with Gasteiger partial charge in [-0.15, -0.1) is 11.3 Å². The summed E-state index contributed by atoms with van der Waals surface area (Å²) in [7, 11) is 2.00. The number of ether oxygens (including phenoxy) is 1. The molecular weight excluding hydrogens is 226 g/mol. The standard InChI is InChI=1S/C11H13NO3S/c1-12-4-8(6-2-3-6)15-9-7(12)5-16-10(9)11(13)14/h5-6,8H,2-4H2,1H3,(H,13,14). The maximum atomic E-state index is 11.0. The number of nitrogens with zero attached hydrogens (tertiary/aromatic N) is 1. The van der Waals surface area contributed by atoms with E-state index in [0.29, 0.717) is 16.5 Å². The number of rotatable bonds is 2. The number of carboxylic acid groups (broad SMARTS) is 1. The highest BCUT2D eigenvalue weighted by molar-refractivity contribution is 7.13. The van der Waals surface area contributed by atoms with Crippen LogP contribution in [0.4, 0.5) is 5.69 Å². The Hall–Kier alpha value is -1.23. The van der Waals surface area contributed by atoms with Crippen molar-refractivity contribution in [3.05, 3.63) is 10.3 Å². The molecule has 1 unspecified atom stereocenters. The summed E-state index contributed by atoms with van der Waals surface area (Å²) in [6.07, 6.45) is 2.59. The number of aromatic carboxylic acids is 1. The molecule has 1 atom stereocenters. The molecule has 0 saturated heterocycles. The summed E-state index contributed by atoms with van der Waals surface area (Å²) >= 11 is 1.25. The third-order valence-corrected chi connectivity index (χ3v) is 4.14. The Labute approximate surface area is 97.4 Å². The van der Waals surface area contributed by atoms with Gasteiger partial charge in [-0.1, -0.05) is 0 Å². The minimum Gasteiger partial charge on any atom is -0.484 e. The molecule has 4 nitrogen and oxygen atoms in total. The Bertz CT molecular complexity index is 438. The summed E-state index contributed by atoms with van der Waals surface area (Å²) in [5, 5.41) is 10.9. The number of hydrogen-bond donors (Lipinski definition) is 1. The SMILES string of the molecule is CN1CC(C2CC2)Oc2c1csc2C(=O)O. The van der Waals surface area contributed by atoms with E-state index in [1.165, 1.54) is 24.2 Å². The zero-order chi connectivity index (χ0) is 11.3. The fraction of sp³-hybridized carbons (Fsp3) is 0.545. The summed E-state index contributed by atoms with van der Waals surface area (Å²) in [6.45, 7) is 0.869. The molecule has 2 heterocycles. The Morgan fingerprint density at radius 2 is 2.38 bits per heavy atom. The molecule has 1 aromatic heterocycles. The molecule has 1 aliphatic heterocycles. The maximum Gasteiger partial charge on any atom is 0.349 e. The molecule has 1 aromatic rings. The molecule has 0 amide bonds. The molecule has 86 valence electrons. The van der Waals surface area contributed by atoms with Gasteiger partial charge in [-0.05, 0) is 18.8 Å². The normalized spacial score (nSPS) is 23.8. The number of hydrogen-bond acceptors (Lipinski definition) is 4. The smallest absolute Gasteiger partial charge is 0.349 e. The lowest BCUT2D eigenvalue weighted by molar-refractivity contribution is 0.0693. The lowest BCUT2D eigenvalue weighted by Crippen LogP contribution is -2.38. The number of carboxylic acids is 1. The van der Waals surface area contributed by atoms with Crippen LogP contribution >= 0.6 is 11.3 Å². The van der Waals surface area contributed by atoms with Crippen molar-refractivity contribution in [1.29, 1.82) is 0 Å². The van der Waals surface area contributed by atoms with Gasteiger partial charge in [0.2, 0.25) is 0 Å². The van der Waals surface area contributed by atoms with Crippen molar-refractivity contribution in [2.24, 2.45) is 5.92 Å². The molecular formula is C11H13NO3S. The van der Waals surface area contributed by atoms with Crippen LogP contribution in [0.3, 0.4) is 0 Å². The number of fused-ring (bicyclic) bond motifs is 1.